The van der Waals surface area contributed by atoms with Crippen molar-refractivity contribution in [3.8, 4) is 0 Å². The topological polar surface area (TPSA) is 109 Å². The zero-order chi connectivity index (χ0) is 22.4. The Bertz CT molecular complexity index is 1140. The molecule has 0 bridgehead atoms. The van der Waals surface area contributed by atoms with E-state index >= 15 is 0 Å². The van der Waals surface area contributed by atoms with Gasteiger partial charge in [0.15, 0.2) is 0 Å². The highest BCUT2D eigenvalue weighted by Crippen LogP contribution is 2.57. The molecular formula is C22H28N2O6S. The highest BCUT2D eigenvalue weighted by Gasteiger charge is 2.51. The van der Waals surface area contributed by atoms with E-state index in [4.69, 9.17) is 22.3 Å². The van der Waals surface area contributed by atoms with E-state index in [0.29, 0.717) is 12.6 Å². The summed E-state index contributed by atoms with van der Waals surface area (Å²) in [5.74, 6) is -0.190. The van der Waals surface area contributed by atoms with Gasteiger partial charge in [0.2, 0.25) is 0 Å². The first-order chi connectivity index (χ1) is 14.7. The molecule has 2 aromatic rings. The molecule has 9 heteroatoms. The van der Waals surface area contributed by atoms with Gasteiger partial charge in [0.1, 0.15) is 5.70 Å². The molecule has 2 N–H and O–H groups in total. The number of aromatic nitrogens is 1. The first kappa shape index (κ1) is 22.0. The number of para-hydroxylation sites is 1. The van der Waals surface area contributed by atoms with Crippen LogP contribution in [0, 0.1) is 5.41 Å². The summed E-state index contributed by atoms with van der Waals surface area (Å²) < 4.78 is 39.3. The van der Waals surface area contributed by atoms with E-state index in [1.165, 1.54) is 23.1 Å². The SMILES string of the molecule is CCOC(=O)C1=C[C@]2(CC)CCCN3CCc4c(n1c1ccccc41)[C@@H]32.O=S(=O)(O)O. The van der Waals surface area contributed by atoms with Crippen molar-refractivity contribution in [2.45, 2.75) is 45.6 Å². The van der Waals surface area contributed by atoms with Crippen molar-refractivity contribution < 1.29 is 27.1 Å². The standard InChI is InChI=1S/C22H26N2O2.H2O4S/c1-3-22-11-7-12-23-13-10-16-15-8-5-6-9-17(15)24(19(16)20(22)23)18(14-22)21(25)26-4-2;1-5(2,3)4/h5-6,8-9,14,20H,3-4,7,10-13H2,1-2H3;(H2,1,2,3,4)/t20-,22+;/m1./s1. The summed E-state index contributed by atoms with van der Waals surface area (Å²) in [7, 11) is -4.67. The Labute approximate surface area is 182 Å². The van der Waals surface area contributed by atoms with E-state index in [2.05, 4.69) is 46.7 Å². The monoisotopic (exact) mass is 448 g/mol. The molecule has 168 valence electrons. The molecule has 1 fully saturated rings. The van der Waals surface area contributed by atoms with Crippen molar-refractivity contribution in [2.75, 3.05) is 19.7 Å². The molecule has 31 heavy (non-hydrogen) atoms. The highest BCUT2D eigenvalue weighted by molar-refractivity contribution is 7.79. The van der Waals surface area contributed by atoms with E-state index in [-0.39, 0.29) is 11.4 Å². The second-order valence-electron chi connectivity index (χ2n) is 8.29. The fraction of sp³-hybridized carbons (Fsp3) is 0.500. The van der Waals surface area contributed by atoms with E-state index in [1.807, 2.05) is 6.92 Å². The number of rotatable bonds is 3. The molecule has 0 saturated carbocycles. The predicted octanol–water partition coefficient (Wildman–Crippen LogP) is 3.50. The Morgan fingerprint density at radius 3 is 2.61 bits per heavy atom. The van der Waals surface area contributed by atoms with Crippen LogP contribution in [0.3, 0.4) is 0 Å². The zero-order valence-corrected chi connectivity index (χ0v) is 18.6. The van der Waals surface area contributed by atoms with Gasteiger partial charge in [0, 0.05) is 23.0 Å². The lowest BCUT2D eigenvalue weighted by atomic mass is 9.66. The van der Waals surface area contributed by atoms with Crippen LogP contribution in [0.4, 0.5) is 0 Å². The van der Waals surface area contributed by atoms with Gasteiger partial charge < -0.3 is 9.30 Å². The summed E-state index contributed by atoms with van der Waals surface area (Å²) in [6, 6.07) is 8.92. The largest absolute Gasteiger partial charge is 0.461 e. The summed E-state index contributed by atoms with van der Waals surface area (Å²) in [5.41, 5.74) is 4.71. The van der Waals surface area contributed by atoms with Crippen LogP contribution >= 0.6 is 0 Å². The lowest BCUT2D eigenvalue weighted by Crippen LogP contribution is -2.51. The summed E-state index contributed by atoms with van der Waals surface area (Å²) >= 11 is 0. The van der Waals surface area contributed by atoms with Crippen LogP contribution in [0.1, 0.15) is 50.4 Å². The number of fused-ring (bicyclic) bond motifs is 3. The summed E-state index contributed by atoms with van der Waals surface area (Å²) in [5, 5.41) is 1.30. The number of piperidine rings is 1. The van der Waals surface area contributed by atoms with Gasteiger partial charge in [-0.3, -0.25) is 14.0 Å². The molecule has 1 aromatic carbocycles. The molecule has 0 unspecified atom stereocenters. The van der Waals surface area contributed by atoms with Crippen LogP contribution in [-0.2, 0) is 26.4 Å². The second kappa shape index (κ2) is 8.05. The van der Waals surface area contributed by atoms with Crippen LogP contribution in [0.25, 0.3) is 16.6 Å². The van der Waals surface area contributed by atoms with Gasteiger partial charge in [-0.05, 0) is 56.9 Å². The van der Waals surface area contributed by atoms with Gasteiger partial charge >= 0.3 is 16.4 Å². The van der Waals surface area contributed by atoms with Gasteiger partial charge in [-0.1, -0.05) is 25.1 Å². The number of hydrogen-bond acceptors (Lipinski definition) is 5. The smallest absolute Gasteiger partial charge is 0.394 e. The molecule has 5 rings (SSSR count). The number of ether oxygens (including phenoxy) is 1. The Balaban J connectivity index is 0.000000418. The number of carbonyl (C=O) groups excluding carboxylic acids is 1. The first-order valence-corrected chi connectivity index (χ1v) is 12.1. The van der Waals surface area contributed by atoms with Gasteiger partial charge in [-0.2, -0.15) is 8.42 Å². The maximum atomic E-state index is 12.9. The molecule has 4 heterocycles. The number of carbonyl (C=O) groups is 1. The third-order valence-electron chi connectivity index (χ3n) is 6.73. The van der Waals surface area contributed by atoms with E-state index in [1.54, 1.807) is 0 Å². The lowest BCUT2D eigenvalue weighted by Gasteiger charge is -2.53. The van der Waals surface area contributed by atoms with Crippen molar-refractivity contribution in [3.63, 3.8) is 0 Å². The zero-order valence-electron chi connectivity index (χ0n) is 17.7. The lowest BCUT2D eigenvalue weighted by molar-refractivity contribution is -0.136. The molecular weight excluding hydrogens is 420 g/mol. The highest BCUT2D eigenvalue weighted by atomic mass is 32.3. The molecule has 3 aliphatic heterocycles. The van der Waals surface area contributed by atoms with Gasteiger partial charge in [-0.25, -0.2) is 4.79 Å². The molecule has 0 spiro atoms. The average molecular weight is 449 g/mol. The Hall–Kier alpha value is -2.20. The van der Waals surface area contributed by atoms with Crippen LogP contribution in [0.15, 0.2) is 30.3 Å². The fourth-order valence-corrected chi connectivity index (χ4v) is 5.63. The Kier molecular flexibility index (Phi) is 5.72. The van der Waals surface area contributed by atoms with Crippen molar-refractivity contribution in [2.24, 2.45) is 5.41 Å². The second-order valence-corrected chi connectivity index (χ2v) is 9.19. The number of hydrogen-bond donors (Lipinski definition) is 2. The van der Waals surface area contributed by atoms with E-state index < -0.39 is 10.4 Å². The summed E-state index contributed by atoms with van der Waals surface area (Å²) in [6.07, 6.45) is 6.73. The maximum Gasteiger partial charge on any atom is 0.394 e. The van der Waals surface area contributed by atoms with Crippen molar-refractivity contribution in [1.29, 1.82) is 0 Å². The molecule has 0 amide bonds. The summed E-state index contributed by atoms with van der Waals surface area (Å²) in [6.45, 7) is 6.85. The van der Waals surface area contributed by atoms with Crippen LogP contribution in [-0.4, -0.2) is 52.7 Å². The minimum absolute atomic E-state index is 0.0416. The minimum atomic E-state index is -4.67. The normalized spacial score (nSPS) is 24.6. The average Bonchev–Trinajstić information content (AvgIpc) is 3.06. The molecule has 2 atom stereocenters. The van der Waals surface area contributed by atoms with E-state index in [9.17, 15) is 4.79 Å². The van der Waals surface area contributed by atoms with E-state index in [0.717, 1.165) is 43.6 Å². The Morgan fingerprint density at radius 2 is 1.94 bits per heavy atom. The first-order valence-electron chi connectivity index (χ1n) is 10.7. The maximum absolute atomic E-state index is 12.9. The minimum Gasteiger partial charge on any atom is -0.461 e. The Morgan fingerprint density at radius 1 is 1.23 bits per heavy atom. The summed E-state index contributed by atoms with van der Waals surface area (Å²) in [4.78, 5) is 15.6. The van der Waals surface area contributed by atoms with Gasteiger partial charge in [0.25, 0.3) is 0 Å². The molecule has 8 nitrogen and oxygen atoms in total. The molecule has 3 aliphatic rings. The number of esters is 1. The fourth-order valence-electron chi connectivity index (χ4n) is 5.63. The van der Waals surface area contributed by atoms with Crippen LogP contribution < -0.4 is 0 Å². The van der Waals surface area contributed by atoms with Crippen LogP contribution in [0.2, 0.25) is 0 Å². The van der Waals surface area contributed by atoms with Gasteiger partial charge in [0.05, 0.1) is 18.2 Å². The molecule has 0 aliphatic carbocycles. The third-order valence-corrected chi connectivity index (χ3v) is 6.73. The quantitative estimate of drug-likeness (QED) is 0.546. The van der Waals surface area contributed by atoms with Crippen LogP contribution in [0.5, 0.6) is 0 Å². The molecule has 1 aromatic heterocycles. The predicted molar refractivity (Wildman–Crippen MR) is 117 cm³/mol. The van der Waals surface area contributed by atoms with Crippen molar-refractivity contribution in [3.05, 3.63) is 41.6 Å². The number of benzene rings is 1. The molecule has 0 radical (unpaired) electrons. The van der Waals surface area contributed by atoms with Crippen molar-refractivity contribution >= 4 is 33.0 Å². The third kappa shape index (κ3) is 3.80. The number of nitrogens with zero attached hydrogens (tertiary/aromatic N) is 2. The molecule has 1 saturated heterocycles. The van der Waals surface area contributed by atoms with Crippen molar-refractivity contribution in [1.82, 2.24) is 9.47 Å². The van der Waals surface area contributed by atoms with Gasteiger partial charge in [-0.15, -0.1) is 0 Å².